The van der Waals surface area contributed by atoms with Crippen molar-refractivity contribution in [2.24, 2.45) is 23.7 Å². The Kier molecular flexibility index (Phi) is 10.7. The molecule has 2 saturated heterocycles. The third-order valence-corrected chi connectivity index (χ3v) is 12.8. The molecule has 4 aliphatic rings. The van der Waals surface area contributed by atoms with Crippen LogP contribution in [0.15, 0.2) is 78.5 Å². The van der Waals surface area contributed by atoms with E-state index in [2.05, 4.69) is 10.4 Å². The summed E-state index contributed by atoms with van der Waals surface area (Å²) in [5.74, 6) is -13.0. The standard InChI is InChI=1S/C42H29Cl2F9N4O7/c1-63-23-13-29(58)32(30(14-23)64-2)33-24-7-8-25-31(37(61)56(35(25)59)22-10-18(40(45,46)47)9-19(11-22)41(48,49)50)26(24)15-27-36(60)57(38(62)39(27,33)17-3-5-21(43)6-4-17)55-34-28(44)12-20(16-54-34)42(51,52)53/h3-7,9-14,16,25-27,31,33,58H,8,15H2,1-2H3,(H,54,55). The highest BCUT2D eigenvalue weighted by atomic mass is 35.5. The van der Waals surface area contributed by atoms with Gasteiger partial charge in [0.05, 0.1) is 64.8 Å². The summed E-state index contributed by atoms with van der Waals surface area (Å²) in [4.78, 5) is 63.2. The second kappa shape index (κ2) is 15.3. The molecular formula is C42H29Cl2F9N4O7. The summed E-state index contributed by atoms with van der Waals surface area (Å²) in [7, 11) is 2.49. The molecule has 64 heavy (non-hydrogen) atoms. The molecule has 6 atom stereocenters. The van der Waals surface area contributed by atoms with Crippen molar-refractivity contribution >= 4 is 58.3 Å². The lowest BCUT2D eigenvalue weighted by Gasteiger charge is -2.50. The van der Waals surface area contributed by atoms with E-state index in [9.17, 15) is 59.0 Å². The number of benzene rings is 3. The Labute approximate surface area is 365 Å². The minimum absolute atomic E-state index is 0.0619. The van der Waals surface area contributed by atoms with Gasteiger partial charge in [-0.05, 0) is 60.7 Å². The lowest BCUT2D eigenvalue weighted by Crippen LogP contribution is -2.53. The molecular weight excluding hydrogens is 914 g/mol. The van der Waals surface area contributed by atoms with Crippen LogP contribution < -0.4 is 19.8 Å². The van der Waals surface area contributed by atoms with Crippen molar-refractivity contribution in [1.82, 2.24) is 9.99 Å². The molecule has 8 rings (SSSR count). The number of rotatable bonds is 7. The Balaban J connectivity index is 1.34. The van der Waals surface area contributed by atoms with Crippen molar-refractivity contribution in [3.8, 4) is 17.2 Å². The monoisotopic (exact) mass is 942 g/mol. The van der Waals surface area contributed by atoms with Gasteiger partial charge in [0.25, 0.3) is 11.8 Å². The summed E-state index contributed by atoms with van der Waals surface area (Å²) in [5, 5.41) is 11.9. The van der Waals surface area contributed by atoms with E-state index >= 15 is 4.79 Å². The number of carbonyl (C=O) groups is 4. The number of allylic oxidation sites excluding steroid dienone is 2. The Hall–Kier alpha value is -6.02. The SMILES string of the molecule is COc1cc(O)c(C2C3=CCC4C(=O)N(c5cc(C(F)(F)F)cc(C(F)(F)F)c5)C(=O)C4C3CC3C(=O)N(Nc4ncc(C(F)(F)F)cc4Cl)C(=O)C32c2ccc(Cl)cc2)c(OC)c1. The Morgan fingerprint density at radius 2 is 1.41 bits per heavy atom. The van der Waals surface area contributed by atoms with Gasteiger partial charge in [0, 0.05) is 34.8 Å². The van der Waals surface area contributed by atoms with Gasteiger partial charge >= 0.3 is 18.5 Å². The molecule has 4 aromatic rings. The van der Waals surface area contributed by atoms with Crippen molar-refractivity contribution in [1.29, 1.82) is 0 Å². The van der Waals surface area contributed by atoms with Crippen molar-refractivity contribution < 1.29 is 73.3 Å². The number of hydrogen-bond acceptors (Lipinski definition) is 9. The molecule has 2 N–H and O–H groups in total. The number of aromatic hydroxyl groups is 1. The normalized spacial score (nSPS) is 24.6. The van der Waals surface area contributed by atoms with E-state index < -0.39 is 123 Å². The van der Waals surface area contributed by atoms with Crippen molar-refractivity contribution in [3.63, 3.8) is 0 Å². The van der Waals surface area contributed by atoms with Crippen LogP contribution >= 0.6 is 23.2 Å². The van der Waals surface area contributed by atoms with Gasteiger partial charge in [-0.1, -0.05) is 47.0 Å². The van der Waals surface area contributed by atoms with Crippen molar-refractivity contribution in [2.75, 3.05) is 24.5 Å². The fraction of sp³-hybridized carbons (Fsp3) is 0.310. The fourth-order valence-electron chi connectivity index (χ4n) is 9.58. The molecule has 3 aromatic carbocycles. The van der Waals surface area contributed by atoms with E-state index in [1.165, 1.54) is 56.7 Å². The smallest absolute Gasteiger partial charge is 0.417 e. The largest absolute Gasteiger partial charge is 0.507 e. The van der Waals surface area contributed by atoms with Gasteiger partial charge in [0.1, 0.15) is 17.2 Å². The maximum Gasteiger partial charge on any atom is 0.417 e. The minimum atomic E-state index is -5.33. The first kappa shape index (κ1) is 44.6. The van der Waals surface area contributed by atoms with Crippen LogP contribution in [-0.4, -0.2) is 52.9 Å². The predicted octanol–water partition coefficient (Wildman–Crippen LogP) is 9.36. The predicted molar refractivity (Wildman–Crippen MR) is 207 cm³/mol. The summed E-state index contributed by atoms with van der Waals surface area (Å²) in [6, 6.07) is 8.96. The van der Waals surface area contributed by atoms with E-state index in [1.54, 1.807) is 0 Å². The third-order valence-electron chi connectivity index (χ3n) is 12.2. The summed E-state index contributed by atoms with van der Waals surface area (Å²) in [6.45, 7) is 0. The fourth-order valence-corrected chi connectivity index (χ4v) is 9.92. The number of phenols is 1. The molecule has 1 saturated carbocycles. The number of methoxy groups -OCH3 is 2. The first-order chi connectivity index (χ1) is 29.9. The number of aromatic nitrogens is 1. The first-order valence-electron chi connectivity index (χ1n) is 18.9. The van der Waals surface area contributed by atoms with Crippen LogP contribution in [0.1, 0.15) is 46.6 Å². The van der Waals surface area contributed by atoms with E-state index in [0.717, 1.165) is 0 Å². The molecule has 4 amide bonds. The molecule has 22 heteroatoms. The van der Waals surface area contributed by atoms with Gasteiger partial charge in [-0.15, -0.1) is 0 Å². The van der Waals surface area contributed by atoms with Crippen molar-refractivity contribution in [2.45, 2.75) is 42.7 Å². The molecule has 2 aliphatic carbocycles. The number of phenolic OH excluding ortho intramolecular Hbond substituents is 1. The number of carbonyl (C=O) groups excluding carboxylic acids is 4. The van der Waals surface area contributed by atoms with Gasteiger partial charge in [0.2, 0.25) is 11.8 Å². The minimum Gasteiger partial charge on any atom is -0.507 e. The van der Waals surface area contributed by atoms with Gasteiger partial charge < -0.3 is 14.6 Å². The Bertz CT molecular complexity index is 2640. The average molecular weight is 944 g/mol. The molecule has 6 unspecified atom stereocenters. The highest BCUT2D eigenvalue weighted by molar-refractivity contribution is 6.33. The summed E-state index contributed by atoms with van der Waals surface area (Å²) in [5.41, 5.74) is -5.46. The quantitative estimate of drug-likeness (QED) is 0.106. The lowest BCUT2D eigenvalue weighted by atomic mass is 9.49. The molecule has 0 spiro atoms. The van der Waals surface area contributed by atoms with Gasteiger partial charge in [-0.25, -0.2) is 9.88 Å². The lowest BCUT2D eigenvalue weighted by molar-refractivity contribution is -0.143. The summed E-state index contributed by atoms with van der Waals surface area (Å²) < 4.78 is 136. The average Bonchev–Trinajstić information content (AvgIpc) is 3.60. The van der Waals surface area contributed by atoms with Crippen LogP contribution in [0.2, 0.25) is 10.0 Å². The molecule has 11 nitrogen and oxygen atoms in total. The zero-order valence-corrected chi connectivity index (χ0v) is 34.1. The van der Waals surface area contributed by atoms with Gasteiger partial charge in [-0.3, -0.25) is 24.6 Å². The zero-order valence-electron chi connectivity index (χ0n) is 32.6. The number of nitrogens with one attached hydrogen (secondary N) is 1. The van der Waals surface area contributed by atoms with E-state index in [0.29, 0.717) is 17.3 Å². The maximum atomic E-state index is 15.5. The van der Waals surface area contributed by atoms with Crippen LogP contribution in [0.3, 0.4) is 0 Å². The highest BCUT2D eigenvalue weighted by Gasteiger charge is 2.71. The number of amides is 4. The van der Waals surface area contributed by atoms with Crippen molar-refractivity contribution in [3.05, 3.63) is 116 Å². The number of fused-ring (bicyclic) bond motifs is 4. The number of imide groups is 2. The molecule has 1 aromatic heterocycles. The summed E-state index contributed by atoms with van der Waals surface area (Å²) >= 11 is 12.5. The van der Waals surface area contributed by atoms with Crippen LogP contribution in [0, 0.1) is 23.7 Å². The molecule has 336 valence electrons. The first-order valence-corrected chi connectivity index (χ1v) is 19.6. The third kappa shape index (κ3) is 6.96. The molecule has 0 bridgehead atoms. The van der Waals surface area contributed by atoms with Crippen LogP contribution in [0.25, 0.3) is 0 Å². The zero-order chi connectivity index (χ0) is 46.6. The Morgan fingerprint density at radius 1 is 0.781 bits per heavy atom. The number of anilines is 2. The van der Waals surface area contributed by atoms with Crippen LogP contribution in [0.5, 0.6) is 17.2 Å². The molecule has 2 aliphatic heterocycles. The number of alkyl halides is 9. The molecule has 3 heterocycles. The topological polar surface area (TPSA) is 138 Å². The number of pyridine rings is 1. The molecule has 3 fully saturated rings. The molecule has 0 radical (unpaired) electrons. The number of halogens is 11. The van der Waals surface area contributed by atoms with E-state index in [-0.39, 0.29) is 62.7 Å². The number of nitrogens with zero attached hydrogens (tertiary/aromatic N) is 3. The Morgan fingerprint density at radius 3 is 1.97 bits per heavy atom. The number of hydrazine groups is 1. The number of ether oxygens (including phenoxy) is 2. The summed E-state index contributed by atoms with van der Waals surface area (Å²) in [6.07, 6.45) is -14.5. The maximum absolute atomic E-state index is 15.5. The van der Waals surface area contributed by atoms with Crippen LogP contribution in [0.4, 0.5) is 51.0 Å². The second-order valence-electron chi connectivity index (χ2n) is 15.5. The van der Waals surface area contributed by atoms with Gasteiger partial charge in [0.15, 0.2) is 5.82 Å². The van der Waals surface area contributed by atoms with Gasteiger partial charge in [-0.2, -0.15) is 44.5 Å². The van der Waals surface area contributed by atoms with Crippen LogP contribution in [-0.2, 0) is 43.1 Å². The van der Waals surface area contributed by atoms with E-state index in [1.807, 2.05) is 0 Å². The highest BCUT2D eigenvalue weighted by Crippen LogP contribution is 2.66. The second-order valence-corrected chi connectivity index (χ2v) is 16.3. The van der Waals surface area contributed by atoms with E-state index in [4.69, 9.17) is 32.7 Å². The number of hydrogen-bond donors (Lipinski definition) is 2.